The molecule has 0 bridgehead atoms. The largest absolute Gasteiger partial charge is 0.244 e. The van der Waals surface area contributed by atoms with Gasteiger partial charge in [0.15, 0.2) is 0 Å². The molecular formula is C10H17N3. The van der Waals surface area contributed by atoms with Gasteiger partial charge in [-0.1, -0.05) is 5.21 Å². The highest BCUT2D eigenvalue weighted by Crippen LogP contribution is 2.23. The minimum absolute atomic E-state index is 0.0813. The molecule has 0 spiro atoms. The molecule has 0 radical (unpaired) electrons. The zero-order valence-corrected chi connectivity index (χ0v) is 8.67. The summed E-state index contributed by atoms with van der Waals surface area (Å²) in [4.78, 5) is 0. The maximum Gasteiger partial charge on any atom is 0.0859 e. The van der Waals surface area contributed by atoms with Gasteiger partial charge >= 0.3 is 0 Å². The number of aromatic nitrogens is 3. The molecule has 0 N–H and O–H groups in total. The highest BCUT2D eigenvalue weighted by atomic mass is 15.5. The topological polar surface area (TPSA) is 30.7 Å². The maximum absolute atomic E-state index is 4.24. The van der Waals surface area contributed by atoms with E-state index in [0.29, 0.717) is 0 Å². The van der Waals surface area contributed by atoms with Gasteiger partial charge in [-0.2, -0.15) is 0 Å². The van der Waals surface area contributed by atoms with Gasteiger partial charge in [0.1, 0.15) is 0 Å². The molecule has 1 aliphatic carbocycles. The molecule has 0 unspecified atom stereocenters. The van der Waals surface area contributed by atoms with Gasteiger partial charge < -0.3 is 0 Å². The summed E-state index contributed by atoms with van der Waals surface area (Å²) in [5, 5.41) is 8.47. The zero-order valence-electron chi connectivity index (χ0n) is 8.67. The van der Waals surface area contributed by atoms with Crippen LogP contribution in [-0.2, 0) is 18.4 Å². The summed E-state index contributed by atoms with van der Waals surface area (Å²) in [5.74, 6) is 0. The average molecular weight is 179 g/mol. The summed E-state index contributed by atoms with van der Waals surface area (Å²) in [7, 11) is 0. The molecule has 2 rings (SSSR count). The van der Waals surface area contributed by atoms with E-state index >= 15 is 0 Å². The first kappa shape index (κ1) is 8.73. The highest BCUT2D eigenvalue weighted by Gasteiger charge is 2.23. The lowest BCUT2D eigenvalue weighted by molar-refractivity contribution is 0.333. The van der Waals surface area contributed by atoms with E-state index in [1.54, 1.807) is 0 Å². The van der Waals surface area contributed by atoms with Crippen LogP contribution in [0.5, 0.6) is 0 Å². The normalized spacial score (nSPS) is 17.2. The van der Waals surface area contributed by atoms with E-state index in [2.05, 4.69) is 35.8 Å². The molecule has 0 aromatic carbocycles. The van der Waals surface area contributed by atoms with Gasteiger partial charge in [0.05, 0.1) is 16.9 Å². The quantitative estimate of drug-likeness (QED) is 0.609. The second-order valence-electron chi connectivity index (χ2n) is 4.77. The van der Waals surface area contributed by atoms with E-state index in [9.17, 15) is 0 Å². The molecule has 1 heterocycles. The second-order valence-corrected chi connectivity index (χ2v) is 4.77. The predicted octanol–water partition coefficient (Wildman–Crippen LogP) is 1.91. The first-order chi connectivity index (χ1) is 6.09. The van der Waals surface area contributed by atoms with Gasteiger partial charge in [0.25, 0.3) is 0 Å². The molecule has 0 amide bonds. The van der Waals surface area contributed by atoms with Crippen molar-refractivity contribution in [3.8, 4) is 0 Å². The van der Waals surface area contributed by atoms with Crippen molar-refractivity contribution in [3.05, 3.63) is 11.4 Å². The smallest absolute Gasteiger partial charge is 0.0859 e. The van der Waals surface area contributed by atoms with Crippen molar-refractivity contribution in [2.75, 3.05) is 0 Å². The SMILES string of the molecule is CC(C)(C)n1nnc2c1CCCC2. The summed E-state index contributed by atoms with van der Waals surface area (Å²) in [6, 6.07) is 0. The molecule has 1 aliphatic rings. The Balaban J connectivity index is 2.43. The van der Waals surface area contributed by atoms with E-state index in [1.165, 1.54) is 24.2 Å². The predicted molar refractivity (Wildman–Crippen MR) is 51.7 cm³/mol. The number of hydrogen-bond acceptors (Lipinski definition) is 2. The van der Waals surface area contributed by atoms with Crippen LogP contribution in [0.15, 0.2) is 0 Å². The highest BCUT2D eigenvalue weighted by molar-refractivity contribution is 5.14. The van der Waals surface area contributed by atoms with Crippen LogP contribution in [0.4, 0.5) is 0 Å². The summed E-state index contributed by atoms with van der Waals surface area (Å²) in [5.41, 5.74) is 2.66. The fourth-order valence-electron chi connectivity index (χ4n) is 1.90. The lowest BCUT2D eigenvalue weighted by Gasteiger charge is -2.22. The number of rotatable bonds is 0. The van der Waals surface area contributed by atoms with Crippen LogP contribution >= 0.6 is 0 Å². The van der Waals surface area contributed by atoms with Crippen molar-refractivity contribution in [3.63, 3.8) is 0 Å². The first-order valence-electron chi connectivity index (χ1n) is 5.03. The Kier molecular flexibility index (Phi) is 1.90. The van der Waals surface area contributed by atoms with E-state index in [0.717, 1.165) is 12.8 Å². The summed E-state index contributed by atoms with van der Waals surface area (Å²) < 4.78 is 2.08. The van der Waals surface area contributed by atoms with Crippen molar-refractivity contribution in [2.24, 2.45) is 0 Å². The monoisotopic (exact) mass is 179 g/mol. The molecule has 13 heavy (non-hydrogen) atoms. The molecule has 0 atom stereocenters. The maximum atomic E-state index is 4.24. The molecule has 3 nitrogen and oxygen atoms in total. The van der Waals surface area contributed by atoms with E-state index in [-0.39, 0.29) is 5.54 Å². The van der Waals surface area contributed by atoms with Crippen LogP contribution in [0.1, 0.15) is 45.0 Å². The standard InChI is InChI=1S/C10H17N3/c1-10(2,3)13-9-7-5-4-6-8(9)11-12-13/h4-7H2,1-3H3. The second kappa shape index (κ2) is 2.82. The summed E-state index contributed by atoms with van der Waals surface area (Å²) in [6.07, 6.45) is 4.83. The molecular weight excluding hydrogens is 162 g/mol. The van der Waals surface area contributed by atoms with E-state index in [4.69, 9.17) is 0 Å². The van der Waals surface area contributed by atoms with Crippen LogP contribution in [0, 0.1) is 0 Å². The fraction of sp³-hybridized carbons (Fsp3) is 0.800. The minimum atomic E-state index is 0.0813. The number of fused-ring (bicyclic) bond motifs is 1. The third-order valence-corrected chi connectivity index (χ3v) is 2.56. The van der Waals surface area contributed by atoms with Gasteiger partial charge in [-0.3, -0.25) is 0 Å². The average Bonchev–Trinajstić information content (AvgIpc) is 2.45. The van der Waals surface area contributed by atoms with Crippen LogP contribution in [0.2, 0.25) is 0 Å². The van der Waals surface area contributed by atoms with Gasteiger partial charge in [0, 0.05) is 0 Å². The van der Waals surface area contributed by atoms with Crippen LogP contribution in [-0.4, -0.2) is 15.0 Å². The Morgan fingerprint density at radius 2 is 1.85 bits per heavy atom. The first-order valence-corrected chi connectivity index (χ1v) is 5.03. The van der Waals surface area contributed by atoms with Crippen molar-refractivity contribution >= 4 is 0 Å². The van der Waals surface area contributed by atoms with Crippen LogP contribution in [0.3, 0.4) is 0 Å². The van der Waals surface area contributed by atoms with Gasteiger partial charge in [-0.25, -0.2) is 4.68 Å². The van der Waals surface area contributed by atoms with Crippen LogP contribution in [0.25, 0.3) is 0 Å². The number of nitrogens with zero attached hydrogens (tertiary/aromatic N) is 3. The van der Waals surface area contributed by atoms with Crippen molar-refractivity contribution in [1.29, 1.82) is 0 Å². The Bertz CT molecular complexity index is 306. The number of aryl methyl sites for hydroxylation is 1. The molecule has 3 heteroatoms. The lowest BCUT2D eigenvalue weighted by Crippen LogP contribution is -2.26. The molecule has 72 valence electrons. The van der Waals surface area contributed by atoms with Crippen molar-refractivity contribution in [1.82, 2.24) is 15.0 Å². The Hall–Kier alpha value is -0.860. The Labute approximate surface area is 79.1 Å². The summed E-state index contributed by atoms with van der Waals surface area (Å²) >= 11 is 0. The molecule has 0 saturated heterocycles. The third kappa shape index (κ3) is 1.47. The Morgan fingerprint density at radius 1 is 1.15 bits per heavy atom. The number of hydrogen-bond donors (Lipinski definition) is 0. The van der Waals surface area contributed by atoms with Crippen molar-refractivity contribution in [2.45, 2.75) is 52.0 Å². The van der Waals surface area contributed by atoms with Crippen LogP contribution < -0.4 is 0 Å². The van der Waals surface area contributed by atoms with Crippen molar-refractivity contribution < 1.29 is 0 Å². The summed E-state index contributed by atoms with van der Waals surface area (Å²) in [6.45, 7) is 6.53. The third-order valence-electron chi connectivity index (χ3n) is 2.56. The van der Waals surface area contributed by atoms with E-state index < -0.39 is 0 Å². The fourth-order valence-corrected chi connectivity index (χ4v) is 1.90. The van der Waals surface area contributed by atoms with Gasteiger partial charge in [0.2, 0.25) is 0 Å². The van der Waals surface area contributed by atoms with Gasteiger partial charge in [-0.05, 0) is 46.5 Å². The molecule has 1 aromatic rings. The molecule has 0 saturated carbocycles. The molecule has 0 fully saturated rings. The van der Waals surface area contributed by atoms with E-state index in [1.807, 2.05) is 0 Å². The Morgan fingerprint density at radius 3 is 2.54 bits per heavy atom. The molecule has 0 aliphatic heterocycles. The molecule has 1 aromatic heterocycles. The van der Waals surface area contributed by atoms with Gasteiger partial charge in [-0.15, -0.1) is 5.10 Å². The lowest BCUT2D eigenvalue weighted by atomic mass is 9.99. The minimum Gasteiger partial charge on any atom is -0.244 e. The zero-order chi connectivity index (χ0) is 9.47.